The number of hydrogen-bond donors (Lipinski definition) is 2. The van der Waals surface area contributed by atoms with Crippen molar-refractivity contribution < 1.29 is 14.6 Å². The molecule has 0 atom stereocenters. The van der Waals surface area contributed by atoms with E-state index in [1.807, 2.05) is 61.9 Å². The van der Waals surface area contributed by atoms with Crippen LogP contribution in [0.15, 0.2) is 66.0 Å². The quantitative estimate of drug-likeness (QED) is 0.225. The van der Waals surface area contributed by atoms with Gasteiger partial charge < -0.3 is 15.2 Å². The minimum absolute atomic E-state index is 0.125. The largest absolute Gasteiger partial charge is 0.497 e. The molecule has 37 heavy (non-hydrogen) atoms. The number of carboxylic acid groups (broad SMARTS) is 1. The Morgan fingerprint density at radius 2 is 1.92 bits per heavy atom. The second-order valence-corrected chi connectivity index (χ2v) is 10.4. The Hall–Kier alpha value is -3.14. The molecule has 0 aliphatic heterocycles. The Balaban J connectivity index is 0.000000580. The molecule has 3 heterocycles. The summed E-state index contributed by atoms with van der Waals surface area (Å²) < 4.78 is 5.26. The summed E-state index contributed by atoms with van der Waals surface area (Å²) in [5, 5.41) is 17.3. The Morgan fingerprint density at radius 3 is 2.46 bits per heavy atom. The van der Waals surface area contributed by atoms with Crippen LogP contribution in [-0.4, -0.2) is 34.4 Å². The maximum absolute atomic E-state index is 11.9. The van der Waals surface area contributed by atoms with Crippen molar-refractivity contribution in [3.63, 3.8) is 0 Å². The lowest BCUT2D eigenvalue weighted by molar-refractivity contribution is 0.0697. The highest BCUT2D eigenvalue weighted by Gasteiger charge is 2.30. The molecule has 1 aliphatic carbocycles. The summed E-state index contributed by atoms with van der Waals surface area (Å²) >= 11 is 4.74. The van der Waals surface area contributed by atoms with E-state index in [1.54, 1.807) is 59.2 Å². The molecule has 0 saturated heterocycles. The average molecular weight is 554 g/mol. The highest BCUT2D eigenvalue weighted by molar-refractivity contribution is 8.01. The Kier molecular flexibility index (Phi) is 10.7. The van der Waals surface area contributed by atoms with Gasteiger partial charge in [0.25, 0.3) is 0 Å². The summed E-state index contributed by atoms with van der Waals surface area (Å²) in [6, 6.07) is 13.4. The number of anilines is 2. The normalized spacial score (nSPS) is 11.9. The van der Waals surface area contributed by atoms with Crippen molar-refractivity contribution in [3.8, 4) is 27.4 Å². The molecule has 1 aromatic carbocycles. The van der Waals surface area contributed by atoms with Gasteiger partial charge >= 0.3 is 5.97 Å². The van der Waals surface area contributed by atoms with E-state index in [0.29, 0.717) is 16.9 Å². The molecule has 0 bridgehead atoms. The summed E-state index contributed by atoms with van der Waals surface area (Å²) in [6.45, 7) is 7.44. The standard InChI is InChI=1S/C23H19N3O3S2.C3H6S.C2H6/c1-29-16-8-6-13(7-9-16)19-20(14-4-5-14)31-23(25-19)26-21-17(22(27)28)11-15(12-24-21)18-3-2-10-30-18;1-3-4-2;1-2/h2-3,6-12,14H,4-5H2,1H3,(H,27,28)(H,24,25,26);3H,1H2,2H3;1-2H3. The fraction of sp³-hybridized carbons (Fsp3) is 0.250. The van der Waals surface area contributed by atoms with Crippen LogP contribution in [-0.2, 0) is 0 Å². The molecule has 2 N–H and O–H groups in total. The van der Waals surface area contributed by atoms with Gasteiger partial charge in [-0.1, -0.05) is 26.5 Å². The lowest BCUT2D eigenvalue weighted by Gasteiger charge is -2.07. The van der Waals surface area contributed by atoms with Crippen LogP contribution in [0.2, 0.25) is 0 Å². The monoisotopic (exact) mass is 553 g/mol. The second-order valence-electron chi connectivity index (χ2n) is 7.66. The fourth-order valence-corrected chi connectivity index (χ4v) is 5.23. The van der Waals surface area contributed by atoms with Crippen molar-refractivity contribution >= 4 is 51.4 Å². The molecule has 4 aromatic rings. The van der Waals surface area contributed by atoms with Gasteiger partial charge in [-0.15, -0.1) is 34.4 Å². The molecule has 1 fully saturated rings. The molecular formula is C28H31N3O3S3. The van der Waals surface area contributed by atoms with E-state index in [2.05, 4.69) is 16.9 Å². The number of pyridine rings is 1. The van der Waals surface area contributed by atoms with Gasteiger partial charge in [0.2, 0.25) is 0 Å². The third-order valence-electron chi connectivity index (χ3n) is 5.28. The highest BCUT2D eigenvalue weighted by atomic mass is 32.2. The lowest BCUT2D eigenvalue weighted by atomic mass is 10.1. The van der Waals surface area contributed by atoms with Crippen molar-refractivity contribution in [2.75, 3.05) is 18.7 Å². The van der Waals surface area contributed by atoms with Gasteiger partial charge in [-0.25, -0.2) is 14.8 Å². The van der Waals surface area contributed by atoms with Crippen LogP contribution in [0, 0.1) is 0 Å². The van der Waals surface area contributed by atoms with E-state index in [0.717, 1.165) is 40.3 Å². The fourth-order valence-electron chi connectivity index (χ4n) is 3.37. The molecule has 1 aliphatic rings. The molecule has 0 unspecified atom stereocenters. The first-order chi connectivity index (χ1) is 18.0. The number of carboxylic acids is 1. The molecule has 0 amide bonds. The number of thiazole rings is 1. The van der Waals surface area contributed by atoms with E-state index in [4.69, 9.17) is 9.72 Å². The zero-order chi connectivity index (χ0) is 26.8. The average Bonchev–Trinajstić information content (AvgIpc) is 3.46. The van der Waals surface area contributed by atoms with Crippen LogP contribution in [0.3, 0.4) is 0 Å². The van der Waals surface area contributed by atoms with Crippen LogP contribution in [0.25, 0.3) is 21.7 Å². The van der Waals surface area contributed by atoms with Crippen molar-refractivity contribution in [1.29, 1.82) is 0 Å². The van der Waals surface area contributed by atoms with E-state index in [-0.39, 0.29) is 5.56 Å². The number of aromatic carboxylic acids is 1. The summed E-state index contributed by atoms with van der Waals surface area (Å²) in [5.74, 6) is 0.581. The Morgan fingerprint density at radius 1 is 1.22 bits per heavy atom. The van der Waals surface area contributed by atoms with E-state index >= 15 is 0 Å². The number of hydrogen-bond acceptors (Lipinski definition) is 8. The van der Waals surface area contributed by atoms with Crippen molar-refractivity contribution in [1.82, 2.24) is 9.97 Å². The number of aromatic nitrogens is 2. The third-order valence-corrected chi connectivity index (χ3v) is 7.67. The van der Waals surface area contributed by atoms with Gasteiger partial charge in [0.05, 0.1) is 12.8 Å². The molecule has 5 rings (SSSR count). The van der Waals surface area contributed by atoms with E-state index < -0.39 is 5.97 Å². The molecule has 3 aromatic heterocycles. The predicted molar refractivity (Wildman–Crippen MR) is 159 cm³/mol. The van der Waals surface area contributed by atoms with Gasteiger partial charge in [0.1, 0.15) is 17.1 Å². The lowest BCUT2D eigenvalue weighted by Crippen LogP contribution is -2.05. The van der Waals surface area contributed by atoms with Gasteiger partial charge in [0.15, 0.2) is 5.13 Å². The number of thiophene rings is 1. The predicted octanol–water partition coefficient (Wildman–Crippen LogP) is 8.78. The van der Waals surface area contributed by atoms with Crippen LogP contribution < -0.4 is 10.1 Å². The molecule has 1 saturated carbocycles. The number of carbonyl (C=O) groups is 1. The van der Waals surface area contributed by atoms with Crippen LogP contribution in [0.5, 0.6) is 5.75 Å². The Bertz CT molecular complexity index is 1300. The zero-order valence-electron chi connectivity index (χ0n) is 21.4. The van der Waals surface area contributed by atoms with Crippen molar-refractivity contribution in [2.45, 2.75) is 32.6 Å². The van der Waals surface area contributed by atoms with Crippen LogP contribution >= 0.6 is 34.4 Å². The third kappa shape index (κ3) is 7.44. The topological polar surface area (TPSA) is 84.3 Å². The number of benzene rings is 1. The summed E-state index contributed by atoms with van der Waals surface area (Å²) in [4.78, 5) is 23.3. The Labute approximate surface area is 230 Å². The first-order valence-corrected chi connectivity index (χ1v) is 14.9. The first kappa shape index (κ1) is 28.4. The molecule has 0 spiro atoms. The van der Waals surface area contributed by atoms with E-state index in [1.165, 1.54) is 4.88 Å². The van der Waals surface area contributed by atoms with Crippen molar-refractivity contribution in [2.24, 2.45) is 0 Å². The van der Waals surface area contributed by atoms with Gasteiger partial charge in [-0.3, -0.25) is 0 Å². The van der Waals surface area contributed by atoms with Crippen LogP contribution in [0.4, 0.5) is 10.9 Å². The number of ether oxygens (including phenoxy) is 1. The summed E-state index contributed by atoms with van der Waals surface area (Å²) in [7, 11) is 1.65. The second kappa shape index (κ2) is 14.0. The minimum atomic E-state index is -1.03. The molecule has 9 heteroatoms. The number of rotatable bonds is 8. The van der Waals surface area contributed by atoms with Crippen molar-refractivity contribution in [3.05, 3.63) is 76.5 Å². The zero-order valence-corrected chi connectivity index (χ0v) is 23.8. The minimum Gasteiger partial charge on any atom is -0.497 e. The maximum Gasteiger partial charge on any atom is 0.339 e. The number of nitrogens with zero attached hydrogens (tertiary/aromatic N) is 2. The molecule has 0 radical (unpaired) electrons. The first-order valence-electron chi connectivity index (χ1n) is 11.9. The van der Waals surface area contributed by atoms with Gasteiger partial charge in [-0.2, -0.15) is 0 Å². The maximum atomic E-state index is 11.9. The summed E-state index contributed by atoms with van der Waals surface area (Å²) in [5.41, 5.74) is 2.87. The number of nitrogens with one attached hydrogen (secondary N) is 1. The SMILES string of the molecule is C=CSC.CC.COc1ccc(-c2nc(Nc3ncc(-c4cccs4)cc3C(=O)O)sc2C2CC2)cc1. The van der Waals surface area contributed by atoms with Gasteiger partial charge in [-0.05, 0) is 72.2 Å². The number of methoxy groups -OCH3 is 1. The summed E-state index contributed by atoms with van der Waals surface area (Å²) in [6.07, 6.45) is 5.98. The molecular weight excluding hydrogens is 523 g/mol. The van der Waals surface area contributed by atoms with Crippen LogP contribution in [0.1, 0.15) is 47.8 Å². The molecule has 6 nitrogen and oxygen atoms in total. The smallest absolute Gasteiger partial charge is 0.339 e. The number of thioether (sulfide) groups is 1. The highest BCUT2D eigenvalue weighted by Crippen LogP contribution is 2.48. The van der Waals surface area contributed by atoms with E-state index in [9.17, 15) is 9.90 Å². The van der Waals surface area contributed by atoms with Gasteiger partial charge in [0, 0.05) is 27.1 Å². The molecule has 194 valence electrons.